The van der Waals surface area contributed by atoms with Crippen LogP contribution in [-0.2, 0) is 0 Å². The van der Waals surface area contributed by atoms with E-state index >= 15 is 0 Å². The van der Waals surface area contributed by atoms with Crippen molar-refractivity contribution >= 4 is 17.8 Å². The first kappa shape index (κ1) is 21.1. The zero-order chi connectivity index (χ0) is 21.5. The summed E-state index contributed by atoms with van der Waals surface area (Å²) in [5.74, 6) is 0.431. The highest BCUT2D eigenvalue weighted by molar-refractivity contribution is 5.96. The van der Waals surface area contributed by atoms with Gasteiger partial charge in [-0.3, -0.25) is 9.89 Å². The second kappa shape index (κ2) is 9.73. The third kappa shape index (κ3) is 4.68. The predicted molar refractivity (Wildman–Crippen MR) is 120 cm³/mol. The van der Waals surface area contributed by atoms with Crippen LogP contribution in [0.25, 0.3) is 11.3 Å². The molecule has 0 atom stereocenters. The van der Waals surface area contributed by atoms with Crippen molar-refractivity contribution in [2.75, 3.05) is 25.1 Å². The van der Waals surface area contributed by atoms with E-state index in [9.17, 15) is 4.79 Å². The van der Waals surface area contributed by atoms with E-state index in [0.717, 1.165) is 41.2 Å². The maximum absolute atomic E-state index is 12.5. The highest BCUT2D eigenvalue weighted by Crippen LogP contribution is 2.25. The Hall–Kier alpha value is -3.61. The largest absolute Gasteiger partial charge is 0.497 e. The Labute approximate surface area is 176 Å². The number of nitrogens with zero attached hydrogens (tertiary/aromatic N) is 3. The number of aromatic nitrogens is 2. The summed E-state index contributed by atoms with van der Waals surface area (Å²) < 4.78 is 5.18. The quantitative estimate of drug-likeness (QED) is 0.438. The van der Waals surface area contributed by atoms with Crippen molar-refractivity contribution in [2.45, 2.75) is 20.8 Å². The highest BCUT2D eigenvalue weighted by Gasteiger charge is 2.16. The number of H-pyrrole nitrogens is 1. The fraction of sp³-hybridized carbons (Fsp3) is 0.261. The van der Waals surface area contributed by atoms with Crippen LogP contribution in [0.2, 0.25) is 0 Å². The third-order valence-electron chi connectivity index (χ3n) is 5.00. The van der Waals surface area contributed by atoms with Crippen LogP contribution in [0.15, 0.2) is 53.6 Å². The van der Waals surface area contributed by atoms with Crippen molar-refractivity contribution in [3.05, 3.63) is 65.4 Å². The molecule has 0 saturated carbocycles. The Morgan fingerprint density at radius 3 is 2.40 bits per heavy atom. The van der Waals surface area contributed by atoms with Gasteiger partial charge in [-0.15, -0.1) is 0 Å². The van der Waals surface area contributed by atoms with Gasteiger partial charge in [0.1, 0.15) is 11.4 Å². The number of hydrogen-bond donors (Lipinski definition) is 2. The molecule has 0 aliphatic rings. The fourth-order valence-corrected chi connectivity index (χ4v) is 3.23. The molecule has 0 radical (unpaired) electrons. The van der Waals surface area contributed by atoms with E-state index in [1.54, 1.807) is 13.3 Å². The van der Waals surface area contributed by atoms with E-state index in [1.807, 2.05) is 43.3 Å². The summed E-state index contributed by atoms with van der Waals surface area (Å²) in [6.07, 6.45) is 1.62. The first-order chi connectivity index (χ1) is 14.6. The summed E-state index contributed by atoms with van der Waals surface area (Å²) in [5.41, 5.74) is 7.40. The molecule has 3 aromatic rings. The third-order valence-corrected chi connectivity index (χ3v) is 5.00. The summed E-state index contributed by atoms with van der Waals surface area (Å²) >= 11 is 0. The fourth-order valence-electron chi connectivity index (χ4n) is 3.23. The molecule has 2 N–H and O–H groups in total. The first-order valence-corrected chi connectivity index (χ1v) is 9.95. The molecule has 7 nitrogen and oxygen atoms in total. The Morgan fingerprint density at radius 2 is 1.80 bits per heavy atom. The normalized spacial score (nSPS) is 10.9. The van der Waals surface area contributed by atoms with E-state index < -0.39 is 0 Å². The highest BCUT2D eigenvalue weighted by atomic mass is 16.5. The van der Waals surface area contributed by atoms with E-state index in [4.69, 9.17) is 4.74 Å². The Kier molecular flexibility index (Phi) is 6.85. The zero-order valence-electron chi connectivity index (χ0n) is 17.8. The number of nitrogens with one attached hydrogen (secondary N) is 2. The molecule has 1 aromatic heterocycles. The van der Waals surface area contributed by atoms with Gasteiger partial charge >= 0.3 is 0 Å². The van der Waals surface area contributed by atoms with Crippen molar-refractivity contribution in [1.82, 2.24) is 15.6 Å². The van der Waals surface area contributed by atoms with Crippen LogP contribution < -0.4 is 15.1 Å². The summed E-state index contributed by atoms with van der Waals surface area (Å²) in [6, 6.07) is 15.6. The number of rotatable bonds is 8. The number of anilines is 1. The number of hydrazone groups is 1. The van der Waals surface area contributed by atoms with Crippen LogP contribution in [-0.4, -0.2) is 42.5 Å². The lowest BCUT2D eigenvalue weighted by Crippen LogP contribution is -2.21. The standard InChI is InChI=1S/C23H27N5O2/c1-5-28(6-2)19-11-7-17(8-12-19)15-24-27-23(29)22-16(3)21(25-26-22)18-9-13-20(30-4)14-10-18/h7-15H,5-6H2,1-4H3,(H,25,26)(H,27,29). The van der Waals surface area contributed by atoms with Gasteiger partial charge in [-0.05, 0) is 62.7 Å². The molecule has 156 valence electrons. The lowest BCUT2D eigenvalue weighted by Gasteiger charge is -2.20. The number of aromatic amines is 1. The molecule has 0 aliphatic heterocycles. The van der Waals surface area contributed by atoms with Gasteiger partial charge in [-0.25, -0.2) is 5.43 Å². The average molecular weight is 406 g/mol. The molecule has 30 heavy (non-hydrogen) atoms. The monoisotopic (exact) mass is 405 g/mol. The molecule has 1 heterocycles. The van der Waals surface area contributed by atoms with Crippen molar-refractivity contribution in [2.24, 2.45) is 5.10 Å². The number of amides is 1. The maximum atomic E-state index is 12.5. The van der Waals surface area contributed by atoms with E-state index in [-0.39, 0.29) is 5.91 Å². The van der Waals surface area contributed by atoms with Crippen molar-refractivity contribution in [3.63, 3.8) is 0 Å². The number of carbonyl (C=O) groups excluding carboxylic acids is 1. The zero-order valence-corrected chi connectivity index (χ0v) is 17.8. The Bertz CT molecular complexity index is 1000. The average Bonchev–Trinajstić information content (AvgIpc) is 3.17. The van der Waals surface area contributed by atoms with E-state index in [0.29, 0.717) is 5.69 Å². The van der Waals surface area contributed by atoms with Gasteiger partial charge in [-0.1, -0.05) is 12.1 Å². The summed E-state index contributed by atoms with van der Waals surface area (Å²) in [4.78, 5) is 14.8. The van der Waals surface area contributed by atoms with Gasteiger partial charge in [0.15, 0.2) is 0 Å². The number of methoxy groups -OCH3 is 1. The van der Waals surface area contributed by atoms with Gasteiger partial charge in [0.05, 0.1) is 19.0 Å². The molecule has 3 rings (SSSR count). The van der Waals surface area contributed by atoms with E-state index in [1.165, 1.54) is 5.69 Å². The Morgan fingerprint density at radius 1 is 1.13 bits per heavy atom. The molecule has 0 aliphatic carbocycles. The second-order valence-corrected chi connectivity index (χ2v) is 6.76. The number of benzene rings is 2. The van der Waals surface area contributed by atoms with Gasteiger partial charge in [-0.2, -0.15) is 10.2 Å². The minimum atomic E-state index is -0.337. The molecular formula is C23H27N5O2. The van der Waals surface area contributed by atoms with Crippen LogP contribution in [0.3, 0.4) is 0 Å². The topological polar surface area (TPSA) is 82.6 Å². The van der Waals surface area contributed by atoms with Crippen molar-refractivity contribution in [1.29, 1.82) is 0 Å². The van der Waals surface area contributed by atoms with Crippen molar-refractivity contribution < 1.29 is 9.53 Å². The first-order valence-electron chi connectivity index (χ1n) is 9.95. The lowest BCUT2D eigenvalue weighted by atomic mass is 10.1. The van der Waals surface area contributed by atoms with Gasteiger partial charge in [0, 0.05) is 29.9 Å². The summed E-state index contributed by atoms with van der Waals surface area (Å²) in [6.45, 7) is 8.04. The molecule has 1 amide bonds. The minimum Gasteiger partial charge on any atom is -0.497 e. The van der Waals surface area contributed by atoms with Crippen LogP contribution in [0.5, 0.6) is 5.75 Å². The molecule has 2 aromatic carbocycles. The van der Waals surface area contributed by atoms with Crippen LogP contribution >= 0.6 is 0 Å². The minimum absolute atomic E-state index is 0.337. The second-order valence-electron chi connectivity index (χ2n) is 6.76. The smallest absolute Gasteiger partial charge is 0.289 e. The molecule has 7 heteroatoms. The molecule has 0 saturated heterocycles. The number of hydrogen-bond acceptors (Lipinski definition) is 5. The van der Waals surface area contributed by atoms with E-state index in [2.05, 4.69) is 51.6 Å². The summed E-state index contributed by atoms with van der Waals surface area (Å²) in [5, 5.41) is 11.2. The number of ether oxygens (including phenoxy) is 1. The molecule has 0 bridgehead atoms. The Balaban J connectivity index is 1.65. The summed E-state index contributed by atoms with van der Waals surface area (Å²) in [7, 11) is 1.62. The van der Waals surface area contributed by atoms with Crippen LogP contribution in [0, 0.1) is 6.92 Å². The molecule has 0 unspecified atom stereocenters. The molecule has 0 fully saturated rings. The van der Waals surface area contributed by atoms with Crippen LogP contribution in [0.1, 0.15) is 35.5 Å². The molecule has 0 spiro atoms. The van der Waals surface area contributed by atoms with Crippen molar-refractivity contribution in [3.8, 4) is 17.0 Å². The van der Waals surface area contributed by atoms with Crippen LogP contribution in [0.4, 0.5) is 5.69 Å². The van der Waals surface area contributed by atoms with Gasteiger partial charge in [0.25, 0.3) is 5.91 Å². The van der Waals surface area contributed by atoms with Gasteiger partial charge < -0.3 is 9.64 Å². The number of carbonyl (C=O) groups is 1. The SMILES string of the molecule is CCN(CC)c1ccc(C=NNC(=O)c2[nH]nc(-c3ccc(OC)cc3)c2C)cc1. The molecular weight excluding hydrogens is 378 g/mol. The lowest BCUT2D eigenvalue weighted by molar-refractivity contribution is 0.0949. The maximum Gasteiger partial charge on any atom is 0.289 e. The van der Waals surface area contributed by atoms with Gasteiger partial charge in [0.2, 0.25) is 0 Å². The predicted octanol–water partition coefficient (Wildman–Crippen LogP) is 4.00.